The van der Waals surface area contributed by atoms with Crippen LogP contribution in [0.15, 0.2) is 119 Å². The maximum atomic E-state index is 13.2. The van der Waals surface area contributed by atoms with Gasteiger partial charge in [0, 0.05) is 56.3 Å². The number of carboxylic acid groups (broad SMARTS) is 2. The van der Waals surface area contributed by atoms with Crippen LogP contribution in [0.1, 0.15) is 70.2 Å². The van der Waals surface area contributed by atoms with E-state index in [0.717, 1.165) is 68.6 Å². The second-order valence-corrected chi connectivity index (χ2v) is 25.2. The number of esters is 2. The first-order chi connectivity index (χ1) is 33.2. The lowest BCUT2D eigenvalue weighted by Gasteiger charge is -2.34. The number of fused-ring (bicyclic) bond motifs is 3. The average molecular weight is 1050 g/mol. The first-order valence-corrected chi connectivity index (χ1v) is 29.1. The van der Waals surface area contributed by atoms with Crippen LogP contribution in [0.25, 0.3) is 11.1 Å². The van der Waals surface area contributed by atoms with Crippen LogP contribution in [-0.4, -0.2) is 107 Å². The summed E-state index contributed by atoms with van der Waals surface area (Å²) >= 11 is 11.1. The minimum atomic E-state index is -1.17. The van der Waals surface area contributed by atoms with Crippen LogP contribution >= 0.6 is 70.6 Å². The molecule has 0 saturated carbocycles. The largest absolute Gasteiger partial charge is 0.490 e. The van der Waals surface area contributed by atoms with Gasteiger partial charge in [0.1, 0.15) is 30.3 Å². The Labute approximate surface area is 430 Å². The molecule has 4 aromatic rings. The normalized spacial score (nSPS) is 17.9. The van der Waals surface area contributed by atoms with Crippen molar-refractivity contribution in [2.75, 3.05) is 41.1 Å². The van der Waals surface area contributed by atoms with Gasteiger partial charge in [0.15, 0.2) is 5.44 Å². The SMILES string of the molecule is CC(C(=O)O)=C(C)C(=O)OC(COc1ccc(C2(c3ccc(OC(SCCC4SCCS4)C(C)OC(=O)C(C)=C(C)C(=O)O)cc3)c3ccccc3-c3ccccc32)cc1)CSC(C)C1SCCS1. The number of aliphatic carboxylic acids is 2. The maximum Gasteiger partial charge on any atom is 0.334 e. The van der Waals surface area contributed by atoms with Crippen molar-refractivity contribution in [3.63, 3.8) is 0 Å². The quantitative estimate of drug-likeness (QED) is 0.0385. The highest BCUT2D eigenvalue weighted by molar-refractivity contribution is 8.21. The summed E-state index contributed by atoms with van der Waals surface area (Å²) in [6.45, 7) is 9.78. The number of ether oxygens (including phenoxy) is 4. The summed E-state index contributed by atoms with van der Waals surface area (Å²) in [5.41, 5.74) is 5.25. The molecule has 0 bridgehead atoms. The van der Waals surface area contributed by atoms with Gasteiger partial charge in [-0.1, -0.05) is 79.7 Å². The predicted octanol–water partition coefficient (Wildman–Crippen LogP) is 11.7. The lowest BCUT2D eigenvalue weighted by Crippen LogP contribution is -2.32. The van der Waals surface area contributed by atoms with E-state index in [1.807, 2.05) is 71.3 Å². The molecule has 2 fully saturated rings. The van der Waals surface area contributed by atoms with Crippen LogP contribution in [0.5, 0.6) is 11.5 Å². The number of benzene rings is 4. The third kappa shape index (κ3) is 12.5. The van der Waals surface area contributed by atoms with Gasteiger partial charge in [-0.2, -0.15) is 11.8 Å². The van der Waals surface area contributed by atoms with Crippen molar-refractivity contribution in [1.29, 1.82) is 0 Å². The highest BCUT2D eigenvalue weighted by Crippen LogP contribution is 2.56. The van der Waals surface area contributed by atoms with Gasteiger partial charge in [0.25, 0.3) is 0 Å². The number of hydrogen-bond donors (Lipinski definition) is 2. The summed E-state index contributed by atoms with van der Waals surface area (Å²) < 4.78 is 25.8. The third-order valence-electron chi connectivity index (χ3n) is 12.4. The molecule has 0 aromatic heterocycles. The van der Waals surface area contributed by atoms with Gasteiger partial charge in [-0.3, -0.25) is 0 Å². The standard InChI is InChI=1S/C53H58O10S6/c1-31(47(54)55)33(3)49(58)61-35(5)51(66-24-23-46-64-25-26-65-46)63-40-21-17-38(18-22-40)53(44-13-9-7-11-42(44)43-12-8-10-14-45(43)53)37-15-19-39(20-16-37)60-29-41(30-69-36(6)52-67-27-28-68-52)62-50(59)34(4)32(2)48(56)57/h7-22,35-36,41,46,51-52H,23-30H2,1-6H3,(H,54,55)(H,56,57). The van der Waals surface area contributed by atoms with Gasteiger partial charge in [-0.15, -0.1) is 58.8 Å². The number of thioether (sulfide) groups is 6. The molecule has 4 aromatic carbocycles. The molecule has 366 valence electrons. The predicted molar refractivity (Wildman–Crippen MR) is 288 cm³/mol. The molecule has 2 N–H and O–H groups in total. The molecular weight excluding hydrogens is 989 g/mol. The second-order valence-electron chi connectivity index (χ2n) is 16.9. The highest BCUT2D eigenvalue weighted by atomic mass is 32.2. The fraction of sp³-hybridized carbons (Fsp3) is 0.396. The molecule has 1 aliphatic carbocycles. The number of carbonyl (C=O) groups is 4. The molecule has 10 nitrogen and oxygen atoms in total. The van der Waals surface area contributed by atoms with Crippen molar-refractivity contribution >= 4 is 94.4 Å². The minimum absolute atomic E-state index is 0.0443. The van der Waals surface area contributed by atoms with Gasteiger partial charge < -0.3 is 29.2 Å². The lowest BCUT2D eigenvalue weighted by molar-refractivity contribution is -0.146. The van der Waals surface area contributed by atoms with Crippen LogP contribution in [0.3, 0.4) is 0 Å². The zero-order valence-corrected chi connectivity index (χ0v) is 44.4. The van der Waals surface area contributed by atoms with E-state index >= 15 is 0 Å². The Morgan fingerprint density at radius 3 is 1.67 bits per heavy atom. The zero-order valence-electron chi connectivity index (χ0n) is 39.5. The molecule has 16 heteroatoms. The van der Waals surface area contributed by atoms with E-state index in [4.69, 9.17) is 18.9 Å². The van der Waals surface area contributed by atoms with Crippen LogP contribution in [0, 0.1) is 0 Å². The van der Waals surface area contributed by atoms with Crippen LogP contribution < -0.4 is 9.47 Å². The molecule has 2 aliphatic heterocycles. The first kappa shape index (κ1) is 52.8. The summed E-state index contributed by atoms with van der Waals surface area (Å²) in [5.74, 6) is 3.29. The average Bonchev–Trinajstić information content (AvgIpc) is 4.15. The van der Waals surface area contributed by atoms with Gasteiger partial charge >= 0.3 is 23.9 Å². The molecular formula is C53H58O10S6. The summed E-state index contributed by atoms with van der Waals surface area (Å²) in [7, 11) is 0. The Morgan fingerprint density at radius 2 is 1.13 bits per heavy atom. The highest BCUT2D eigenvalue weighted by Gasteiger charge is 2.46. The van der Waals surface area contributed by atoms with Crippen LogP contribution in [-0.2, 0) is 34.1 Å². The molecule has 7 rings (SSSR count). The van der Waals surface area contributed by atoms with Crippen molar-refractivity contribution in [2.45, 2.75) is 85.4 Å². The van der Waals surface area contributed by atoms with Crippen molar-refractivity contribution in [1.82, 2.24) is 0 Å². The number of carbonyl (C=O) groups excluding carboxylic acids is 2. The molecule has 2 heterocycles. The Morgan fingerprint density at radius 1 is 0.638 bits per heavy atom. The summed E-state index contributed by atoms with van der Waals surface area (Å²) in [6, 6.07) is 33.1. The molecule has 0 amide bonds. The molecule has 4 atom stereocenters. The van der Waals surface area contributed by atoms with Crippen LogP contribution in [0.4, 0.5) is 0 Å². The molecule has 2 saturated heterocycles. The van der Waals surface area contributed by atoms with E-state index in [1.54, 1.807) is 30.4 Å². The van der Waals surface area contributed by atoms with Crippen molar-refractivity contribution < 1.29 is 48.3 Å². The fourth-order valence-corrected chi connectivity index (χ4v) is 17.1. The molecule has 0 radical (unpaired) electrons. The molecule has 4 unspecified atom stereocenters. The topological polar surface area (TPSA) is 146 Å². The Kier molecular flexibility index (Phi) is 18.6. The summed E-state index contributed by atoms with van der Waals surface area (Å²) in [4.78, 5) is 49.6. The van der Waals surface area contributed by atoms with Crippen molar-refractivity contribution in [3.8, 4) is 22.6 Å². The van der Waals surface area contributed by atoms with Crippen molar-refractivity contribution in [3.05, 3.63) is 142 Å². The fourth-order valence-electron chi connectivity index (χ4n) is 8.33. The number of hydrogen-bond acceptors (Lipinski definition) is 14. The molecule has 0 spiro atoms. The first-order valence-electron chi connectivity index (χ1n) is 22.8. The molecule has 3 aliphatic rings. The van der Waals surface area contributed by atoms with E-state index in [-0.39, 0.29) is 28.9 Å². The summed E-state index contributed by atoms with van der Waals surface area (Å²) in [5, 5.41) is 19.3. The Balaban J connectivity index is 1.16. The lowest BCUT2D eigenvalue weighted by atomic mass is 9.68. The van der Waals surface area contributed by atoms with Gasteiger partial charge in [0.2, 0.25) is 0 Å². The Hall–Kier alpha value is -4.06. The van der Waals surface area contributed by atoms with Gasteiger partial charge in [-0.05, 0) is 104 Å². The minimum Gasteiger partial charge on any atom is -0.490 e. The van der Waals surface area contributed by atoms with E-state index in [2.05, 4.69) is 79.7 Å². The number of rotatable bonds is 22. The third-order valence-corrected chi connectivity index (χ3v) is 22.0. The van der Waals surface area contributed by atoms with E-state index in [0.29, 0.717) is 31.7 Å². The van der Waals surface area contributed by atoms with Gasteiger partial charge in [0.05, 0.1) is 14.6 Å². The van der Waals surface area contributed by atoms with Crippen LogP contribution in [0.2, 0.25) is 0 Å². The zero-order chi connectivity index (χ0) is 49.2. The smallest absolute Gasteiger partial charge is 0.334 e. The van der Waals surface area contributed by atoms with E-state index < -0.39 is 46.9 Å². The second kappa shape index (κ2) is 24.4. The molecule has 69 heavy (non-hydrogen) atoms. The summed E-state index contributed by atoms with van der Waals surface area (Å²) in [6.07, 6.45) is -0.345. The monoisotopic (exact) mass is 1050 g/mol. The number of carboxylic acids is 2. The Bertz CT molecular complexity index is 2490. The van der Waals surface area contributed by atoms with E-state index in [9.17, 15) is 29.4 Å². The van der Waals surface area contributed by atoms with Gasteiger partial charge in [-0.25, -0.2) is 19.2 Å². The van der Waals surface area contributed by atoms with E-state index in [1.165, 1.54) is 27.7 Å². The van der Waals surface area contributed by atoms with Crippen molar-refractivity contribution in [2.24, 2.45) is 0 Å². The maximum absolute atomic E-state index is 13.2.